The van der Waals surface area contributed by atoms with Gasteiger partial charge in [-0.3, -0.25) is 9.59 Å². The Bertz CT molecular complexity index is 610. The maximum absolute atomic E-state index is 13.3. The third-order valence-electron chi connectivity index (χ3n) is 5.34. The molecule has 4 nitrogen and oxygen atoms in total. The molecule has 130 valence electrons. The summed E-state index contributed by atoms with van der Waals surface area (Å²) in [5, 5.41) is 0.682. The Balaban J connectivity index is 1.76. The van der Waals surface area contributed by atoms with Crippen molar-refractivity contribution in [3.8, 4) is 0 Å². The smallest absolute Gasteiger partial charge is 0.310 e. The molecule has 24 heavy (non-hydrogen) atoms. The molecule has 0 spiro atoms. The number of esters is 1. The average molecular weight is 350 g/mol. The van der Waals surface area contributed by atoms with E-state index in [0.29, 0.717) is 18.2 Å². The lowest BCUT2D eigenvalue weighted by atomic mass is 9.63. The number of nitrogens with zero attached hydrogens (tertiary/aromatic N) is 1. The Morgan fingerprint density at radius 1 is 1.25 bits per heavy atom. The highest BCUT2D eigenvalue weighted by Gasteiger charge is 2.48. The summed E-state index contributed by atoms with van der Waals surface area (Å²) in [6.45, 7) is 3.41. The van der Waals surface area contributed by atoms with Crippen LogP contribution in [0.15, 0.2) is 24.3 Å². The molecular formula is C19H24ClNO3. The first-order valence-corrected chi connectivity index (χ1v) is 9.16. The fourth-order valence-corrected chi connectivity index (χ4v) is 3.97. The summed E-state index contributed by atoms with van der Waals surface area (Å²) in [4.78, 5) is 27.2. The second kappa shape index (κ2) is 7.14. The summed E-state index contributed by atoms with van der Waals surface area (Å²) < 4.78 is 5.14. The van der Waals surface area contributed by atoms with E-state index >= 15 is 0 Å². The first kappa shape index (κ1) is 17.3. The predicted molar refractivity (Wildman–Crippen MR) is 92.9 cm³/mol. The molecule has 3 rings (SSSR count). The van der Waals surface area contributed by atoms with Crippen LogP contribution >= 0.6 is 11.6 Å². The highest BCUT2D eigenvalue weighted by molar-refractivity contribution is 6.30. The number of piperidine rings is 1. The van der Waals surface area contributed by atoms with Crippen LogP contribution in [0.3, 0.4) is 0 Å². The Morgan fingerprint density at radius 3 is 2.54 bits per heavy atom. The lowest BCUT2D eigenvalue weighted by Crippen LogP contribution is -2.54. The van der Waals surface area contributed by atoms with E-state index in [0.717, 1.165) is 44.2 Å². The number of likely N-dealkylation sites (tertiary alicyclic amines) is 1. The second-order valence-corrected chi connectivity index (χ2v) is 7.22. The summed E-state index contributed by atoms with van der Waals surface area (Å²) in [5.41, 5.74) is 0.614. The van der Waals surface area contributed by atoms with Gasteiger partial charge in [0.05, 0.1) is 17.9 Å². The summed E-state index contributed by atoms with van der Waals surface area (Å²) >= 11 is 5.99. The molecule has 2 fully saturated rings. The number of carbonyl (C=O) groups excluding carboxylic acids is 2. The molecule has 1 unspecified atom stereocenters. The molecule has 1 saturated carbocycles. The summed E-state index contributed by atoms with van der Waals surface area (Å²) in [7, 11) is 0. The SMILES string of the molecule is CCOC(=O)C1CCCN(C(=O)C2(c3ccc(Cl)cc3)CCC2)C1. The molecule has 1 heterocycles. The van der Waals surface area contributed by atoms with Crippen LogP contribution in [0.5, 0.6) is 0 Å². The van der Waals surface area contributed by atoms with Crippen LogP contribution in [0.2, 0.25) is 5.02 Å². The molecule has 0 aromatic heterocycles. The Morgan fingerprint density at radius 2 is 1.96 bits per heavy atom. The van der Waals surface area contributed by atoms with Gasteiger partial charge in [-0.2, -0.15) is 0 Å². The standard InChI is InChI=1S/C19H24ClNO3/c1-2-24-17(22)14-5-3-12-21(13-14)18(23)19(10-4-11-19)15-6-8-16(20)9-7-15/h6-9,14H,2-5,10-13H2,1H3. The quantitative estimate of drug-likeness (QED) is 0.781. The molecule has 0 bridgehead atoms. The van der Waals surface area contributed by atoms with Gasteiger partial charge in [0.1, 0.15) is 0 Å². The number of carbonyl (C=O) groups is 2. The van der Waals surface area contributed by atoms with Gasteiger partial charge in [0.15, 0.2) is 0 Å². The summed E-state index contributed by atoms with van der Waals surface area (Å²) in [5.74, 6) is -0.209. The normalized spacial score (nSPS) is 22.6. The van der Waals surface area contributed by atoms with Crippen molar-refractivity contribution >= 4 is 23.5 Å². The Labute approximate surface area is 148 Å². The van der Waals surface area contributed by atoms with Gasteiger partial charge in [-0.05, 0) is 50.3 Å². The van der Waals surface area contributed by atoms with Crippen molar-refractivity contribution in [2.45, 2.75) is 44.4 Å². The van der Waals surface area contributed by atoms with Gasteiger partial charge in [-0.1, -0.05) is 30.2 Å². The molecule has 1 atom stereocenters. The van der Waals surface area contributed by atoms with Crippen molar-refractivity contribution in [3.05, 3.63) is 34.9 Å². The van der Waals surface area contributed by atoms with Crippen LogP contribution in [0.4, 0.5) is 0 Å². The molecule has 1 aliphatic heterocycles. The minimum Gasteiger partial charge on any atom is -0.466 e. The number of benzene rings is 1. The fourth-order valence-electron chi connectivity index (χ4n) is 3.84. The molecule has 2 aliphatic rings. The molecule has 1 aliphatic carbocycles. The van der Waals surface area contributed by atoms with Crippen molar-refractivity contribution in [1.29, 1.82) is 0 Å². The van der Waals surface area contributed by atoms with Crippen molar-refractivity contribution < 1.29 is 14.3 Å². The first-order chi connectivity index (χ1) is 11.6. The van der Waals surface area contributed by atoms with Gasteiger partial charge in [-0.15, -0.1) is 0 Å². The van der Waals surface area contributed by atoms with Crippen LogP contribution in [-0.4, -0.2) is 36.5 Å². The van der Waals surface area contributed by atoms with Crippen molar-refractivity contribution in [2.75, 3.05) is 19.7 Å². The lowest BCUT2D eigenvalue weighted by Gasteiger charge is -2.45. The van der Waals surface area contributed by atoms with E-state index < -0.39 is 5.41 Å². The molecule has 0 N–H and O–H groups in total. The van der Waals surface area contributed by atoms with Gasteiger partial charge >= 0.3 is 5.97 Å². The zero-order valence-corrected chi connectivity index (χ0v) is 14.8. The largest absolute Gasteiger partial charge is 0.466 e. The van der Waals surface area contributed by atoms with Gasteiger partial charge in [0.25, 0.3) is 0 Å². The minimum atomic E-state index is -0.429. The number of hydrogen-bond acceptors (Lipinski definition) is 3. The monoisotopic (exact) mass is 349 g/mol. The molecular weight excluding hydrogens is 326 g/mol. The highest BCUT2D eigenvalue weighted by atomic mass is 35.5. The van der Waals surface area contributed by atoms with E-state index in [9.17, 15) is 9.59 Å². The van der Waals surface area contributed by atoms with E-state index in [1.165, 1.54) is 0 Å². The van der Waals surface area contributed by atoms with Gasteiger partial charge in [-0.25, -0.2) is 0 Å². The highest BCUT2D eigenvalue weighted by Crippen LogP contribution is 2.46. The number of rotatable bonds is 4. The number of amides is 1. The molecule has 0 radical (unpaired) electrons. The second-order valence-electron chi connectivity index (χ2n) is 6.78. The van der Waals surface area contributed by atoms with Gasteiger partial charge in [0.2, 0.25) is 5.91 Å². The van der Waals surface area contributed by atoms with E-state index in [1.807, 2.05) is 36.1 Å². The van der Waals surface area contributed by atoms with Gasteiger partial charge in [0, 0.05) is 18.1 Å². The number of hydrogen-bond donors (Lipinski definition) is 0. The minimum absolute atomic E-state index is 0.157. The number of halogens is 1. The maximum atomic E-state index is 13.3. The van der Waals surface area contributed by atoms with Crippen molar-refractivity contribution in [3.63, 3.8) is 0 Å². The third kappa shape index (κ3) is 3.16. The molecule has 5 heteroatoms. The summed E-state index contributed by atoms with van der Waals surface area (Å²) in [6.07, 6.45) is 4.45. The van der Waals surface area contributed by atoms with Crippen LogP contribution in [0.1, 0.15) is 44.6 Å². The molecule has 1 saturated heterocycles. The summed E-state index contributed by atoms with van der Waals surface area (Å²) in [6, 6.07) is 7.63. The Hall–Kier alpha value is -1.55. The van der Waals surface area contributed by atoms with E-state index in [1.54, 1.807) is 0 Å². The zero-order valence-electron chi connectivity index (χ0n) is 14.1. The molecule has 1 amide bonds. The Kier molecular flexibility index (Phi) is 5.14. The van der Waals surface area contributed by atoms with E-state index in [-0.39, 0.29) is 17.8 Å². The van der Waals surface area contributed by atoms with Crippen LogP contribution in [0.25, 0.3) is 0 Å². The van der Waals surface area contributed by atoms with Crippen LogP contribution < -0.4 is 0 Å². The lowest BCUT2D eigenvalue weighted by molar-refractivity contribution is -0.153. The maximum Gasteiger partial charge on any atom is 0.310 e. The van der Waals surface area contributed by atoms with Crippen LogP contribution in [0, 0.1) is 5.92 Å². The third-order valence-corrected chi connectivity index (χ3v) is 5.59. The number of ether oxygens (including phenoxy) is 1. The average Bonchev–Trinajstić information content (AvgIpc) is 2.56. The zero-order chi connectivity index (χ0) is 17.2. The fraction of sp³-hybridized carbons (Fsp3) is 0.579. The van der Waals surface area contributed by atoms with Gasteiger partial charge < -0.3 is 9.64 Å². The first-order valence-electron chi connectivity index (χ1n) is 8.79. The molecule has 1 aromatic rings. The van der Waals surface area contributed by atoms with Crippen molar-refractivity contribution in [2.24, 2.45) is 5.92 Å². The molecule has 1 aromatic carbocycles. The topological polar surface area (TPSA) is 46.6 Å². The van der Waals surface area contributed by atoms with E-state index in [4.69, 9.17) is 16.3 Å². The van der Waals surface area contributed by atoms with Crippen LogP contribution in [-0.2, 0) is 19.7 Å². The predicted octanol–water partition coefficient (Wildman–Crippen LogP) is 3.56. The van der Waals surface area contributed by atoms with E-state index in [2.05, 4.69) is 0 Å². The van der Waals surface area contributed by atoms with Crippen molar-refractivity contribution in [1.82, 2.24) is 4.90 Å².